The smallest absolute Gasteiger partial charge is 0.0387 e. The molecule has 1 aliphatic rings. The molecule has 0 aromatic heterocycles. The Morgan fingerprint density at radius 3 is 2.52 bits per heavy atom. The van der Waals surface area contributed by atoms with E-state index in [1.807, 2.05) is 12.1 Å². The van der Waals surface area contributed by atoms with Gasteiger partial charge < -0.3 is 11.1 Å². The van der Waals surface area contributed by atoms with Gasteiger partial charge in [0.15, 0.2) is 0 Å². The van der Waals surface area contributed by atoms with Crippen molar-refractivity contribution in [2.24, 2.45) is 11.7 Å². The second-order valence-corrected chi connectivity index (χ2v) is 5.63. The summed E-state index contributed by atoms with van der Waals surface area (Å²) in [6.07, 6.45) is 9.60. The SMILES string of the molecule is C=C.C=C(N)CCC1C=CC(NC(=C)c2ccccc2C)=CC1. The number of benzene rings is 1. The molecule has 0 saturated carbocycles. The van der Waals surface area contributed by atoms with Crippen LogP contribution in [0.4, 0.5) is 0 Å². The fraction of sp³-hybridized carbons (Fsp3) is 0.238. The van der Waals surface area contributed by atoms with Gasteiger partial charge in [-0.25, -0.2) is 0 Å². The third kappa shape index (κ3) is 6.03. The lowest BCUT2D eigenvalue weighted by Crippen LogP contribution is -2.13. The summed E-state index contributed by atoms with van der Waals surface area (Å²) in [6.45, 7) is 16.0. The predicted molar refractivity (Wildman–Crippen MR) is 102 cm³/mol. The molecule has 0 bridgehead atoms. The van der Waals surface area contributed by atoms with Gasteiger partial charge in [0.2, 0.25) is 0 Å². The number of allylic oxidation sites excluding steroid dienone is 4. The molecule has 0 radical (unpaired) electrons. The van der Waals surface area contributed by atoms with Gasteiger partial charge in [-0.15, -0.1) is 13.2 Å². The van der Waals surface area contributed by atoms with Gasteiger partial charge in [0, 0.05) is 22.7 Å². The molecule has 1 aromatic carbocycles. The van der Waals surface area contributed by atoms with Crippen LogP contribution in [0.15, 0.2) is 80.2 Å². The maximum Gasteiger partial charge on any atom is 0.0387 e. The monoisotopic (exact) mass is 308 g/mol. The van der Waals surface area contributed by atoms with E-state index in [1.54, 1.807) is 0 Å². The van der Waals surface area contributed by atoms with E-state index in [-0.39, 0.29) is 0 Å². The summed E-state index contributed by atoms with van der Waals surface area (Å²) in [5.41, 5.74) is 10.8. The second kappa shape index (κ2) is 9.52. The van der Waals surface area contributed by atoms with E-state index in [9.17, 15) is 0 Å². The van der Waals surface area contributed by atoms with Gasteiger partial charge in [-0.05, 0) is 43.7 Å². The maximum atomic E-state index is 5.62. The van der Waals surface area contributed by atoms with Gasteiger partial charge in [-0.3, -0.25) is 0 Å². The van der Waals surface area contributed by atoms with E-state index in [0.29, 0.717) is 5.92 Å². The highest BCUT2D eigenvalue weighted by molar-refractivity contribution is 5.66. The lowest BCUT2D eigenvalue weighted by molar-refractivity contribution is 0.587. The fourth-order valence-corrected chi connectivity index (χ4v) is 2.50. The minimum atomic E-state index is 0.558. The molecule has 0 aliphatic heterocycles. The third-order valence-corrected chi connectivity index (χ3v) is 3.79. The van der Waals surface area contributed by atoms with Crippen molar-refractivity contribution in [3.8, 4) is 0 Å². The molecule has 1 aliphatic carbocycles. The molecule has 3 N–H and O–H groups in total. The highest BCUT2D eigenvalue weighted by Crippen LogP contribution is 2.22. The summed E-state index contributed by atoms with van der Waals surface area (Å²) in [7, 11) is 0. The third-order valence-electron chi connectivity index (χ3n) is 3.79. The van der Waals surface area contributed by atoms with Gasteiger partial charge in [0.1, 0.15) is 0 Å². The van der Waals surface area contributed by atoms with Crippen molar-refractivity contribution in [3.05, 3.63) is 91.3 Å². The largest absolute Gasteiger partial charge is 0.403 e. The Labute approximate surface area is 140 Å². The number of rotatable bonds is 6. The fourth-order valence-electron chi connectivity index (χ4n) is 2.50. The molecule has 0 saturated heterocycles. The van der Waals surface area contributed by atoms with Gasteiger partial charge in [0.05, 0.1) is 0 Å². The lowest BCUT2D eigenvalue weighted by Gasteiger charge is -2.19. The van der Waals surface area contributed by atoms with Crippen LogP contribution in [0.5, 0.6) is 0 Å². The van der Waals surface area contributed by atoms with E-state index in [0.717, 1.165) is 41.9 Å². The Balaban J connectivity index is 0.00000127. The van der Waals surface area contributed by atoms with Crippen LogP contribution in [0.3, 0.4) is 0 Å². The molecular formula is C21H28N2. The summed E-state index contributed by atoms with van der Waals surface area (Å²) < 4.78 is 0. The number of aryl methyl sites for hydroxylation is 1. The topological polar surface area (TPSA) is 38.0 Å². The molecule has 122 valence electrons. The Bertz CT molecular complexity index is 608. The van der Waals surface area contributed by atoms with Crippen molar-refractivity contribution in [2.75, 3.05) is 0 Å². The molecule has 2 rings (SSSR count). The summed E-state index contributed by atoms with van der Waals surface area (Å²) in [4.78, 5) is 0. The normalized spacial score (nSPS) is 15.9. The zero-order chi connectivity index (χ0) is 17.2. The molecule has 0 fully saturated rings. The highest BCUT2D eigenvalue weighted by atomic mass is 14.9. The summed E-state index contributed by atoms with van der Waals surface area (Å²) in [5, 5.41) is 3.40. The quantitative estimate of drug-likeness (QED) is 0.720. The van der Waals surface area contributed by atoms with Crippen molar-refractivity contribution in [2.45, 2.75) is 26.2 Å². The molecular weight excluding hydrogens is 280 g/mol. The minimum absolute atomic E-state index is 0.558. The van der Waals surface area contributed by atoms with Gasteiger partial charge in [-0.2, -0.15) is 0 Å². The first-order chi connectivity index (χ1) is 11.1. The van der Waals surface area contributed by atoms with E-state index >= 15 is 0 Å². The Morgan fingerprint density at radius 2 is 1.96 bits per heavy atom. The van der Waals surface area contributed by atoms with Crippen LogP contribution in [0.2, 0.25) is 0 Å². The van der Waals surface area contributed by atoms with Crippen molar-refractivity contribution < 1.29 is 0 Å². The Kier molecular flexibility index (Phi) is 7.69. The molecule has 1 atom stereocenters. The van der Waals surface area contributed by atoms with Crippen LogP contribution in [0.25, 0.3) is 5.70 Å². The summed E-state index contributed by atoms with van der Waals surface area (Å²) in [6, 6.07) is 8.27. The van der Waals surface area contributed by atoms with Gasteiger partial charge >= 0.3 is 0 Å². The number of nitrogens with one attached hydrogen (secondary N) is 1. The molecule has 1 aromatic rings. The molecule has 0 amide bonds. The molecule has 23 heavy (non-hydrogen) atoms. The van der Waals surface area contributed by atoms with Crippen molar-refractivity contribution in [1.82, 2.24) is 5.32 Å². The van der Waals surface area contributed by atoms with Crippen LogP contribution < -0.4 is 11.1 Å². The van der Waals surface area contributed by atoms with Crippen molar-refractivity contribution >= 4 is 5.70 Å². The maximum absolute atomic E-state index is 5.62. The average Bonchev–Trinajstić information content (AvgIpc) is 2.56. The Hall–Kier alpha value is -2.48. The second-order valence-electron chi connectivity index (χ2n) is 5.63. The molecule has 1 unspecified atom stereocenters. The van der Waals surface area contributed by atoms with E-state index in [1.165, 1.54) is 5.56 Å². The number of hydrogen-bond donors (Lipinski definition) is 2. The predicted octanol–water partition coefficient (Wildman–Crippen LogP) is 5.07. The molecule has 0 heterocycles. The molecule has 0 spiro atoms. The Morgan fingerprint density at radius 1 is 1.26 bits per heavy atom. The van der Waals surface area contributed by atoms with Crippen molar-refractivity contribution in [3.63, 3.8) is 0 Å². The first-order valence-corrected chi connectivity index (χ1v) is 7.90. The van der Waals surface area contributed by atoms with Crippen LogP contribution in [0, 0.1) is 12.8 Å². The zero-order valence-electron chi connectivity index (χ0n) is 14.1. The number of hydrogen-bond acceptors (Lipinski definition) is 2. The average molecular weight is 308 g/mol. The van der Waals surface area contributed by atoms with Crippen LogP contribution >= 0.6 is 0 Å². The first kappa shape index (κ1) is 18.6. The van der Waals surface area contributed by atoms with Gasteiger partial charge in [0.25, 0.3) is 0 Å². The first-order valence-electron chi connectivity index (χ1n) is 7.90. The van der Waals surface area contributed by atoms with E-state index in [4.69, 9.17) is 5.73 Å². The van der Waals surface area contributed by atoms with Gasteiger partial charge in [-0.1, -0.05) is 49.6 Å². The zero-order valence-corrected chi connectivity index (χ0v) is 14.1. The van der Waals surface area contributed by atoms with Crippen LogP contribution in [0.1, 0.15) is 30.4 Å². The summed E-state index contributed by atoms with van der Waals surface area (Å²) >= 11 is 0. The summed E-state index contributed by atoms with van der Waals surface area (Å²) in [5.74, 6) is 0.558. The highest BCUT2D eigenvalue weighted by Gasteiger charge is 2.10. The van der Waals surface area contributed by atoms with Crippen LogP contribution in [-0.4, -0.2) is 0 Å². The number of nitrogens with two attached hydrogens (primary N) is 1. The van der Waals surface area contributed by atoms with E-state index < -0.39 is 0 Å². The van der Waals surface area contributed by atoms with Crippen LogP contribution in [-0.2, 0) is 0 Å². The molecule has 2 nitrogen and oxygen atoms in total. The molecule has 2 heteroatoms. The standard InChI is InChI=1S/C19H24N2.C2H4/c1-14-6-4-5-7-19(14)16(3)21-18-12-10-17(11-13-18)9-8-15(2)20;1-2/h4-7,10,12-13,17,21H,2-3,8-9,11,20H2,1H3;1-2H2. The minimum Gasteiger partial charge on any atom is -0.403 e. The lowest BCUT2D eigenvalue weighted by atomic mass is 9.94. The van der Waals surface area contributed by atoms with Crippen molar-refractivity contribution in [1.29, 1.82) is 0 Å². The van der Waals surface area contributed by atoms with E-state index in [2.05, 4.69) is 68.9 Å².